The minimum atomic E-state index is -1.23. The molecule has 0 saturated carbocycles. The van der Waals surface area contributed by atoms with Crippen molar-refractivity contribution in [2.75, 3.05) is 6.61 Å². The zero-order valence-corrected chi connectivity index (χ0v) is 25.1. The van der Waals surface area contributed by atoms with Crippen molar-refractivity contribution in [3.05, 3.63) is 108 Å². The van der Waals surface area contributed by atoms with Crippen molar-refractivity contribution in [1.82, 2.24) is 16.0 Å². The quantitative estimate of drug-likeness (QED) is 0.180. The van der Waals surface area contributed by atoms with E-state index in [1.807, 2.05) is 54.6 Å². The van der Waals surface area contributed by atoms with E-state index in [0.717, 1.165) is 16.7 Å². The van der Waals surface area contributed by atoms with Crippen molar-refractivity contribution in [3.8, 4) is 0 Å². The van der Waals surface area contributed by atoms with Gasteiger partial charge in [0.25, 0.3) is 0 Å². The molecule has 4 amide bonds. The number of amides is 4. The van der Waals surface area contributed by atoms with Crippen LogP contribution in [0.1, 0.15) is 36.5 Å². The van der Waals surface area contributed by atoms with Crippen molar-refractivity contribution in [3.63, 3.8) is 0 Å². The summed E-state index contributed by atoms with van der Waals surface area (Å²) < 4.78 is 10.6. The number of ether oxygens (including phenoxy) is 2. The molecule has 11 heteroatoms. The zero-order chi connectivity index (χ0) is 32.2. The SMILES string of the molecule is C[C@]1(C(=O)[C@H](Cc2ccccc2)NC(=O)C(Cc2ccccc2)NC(=O)[C@H](CCC(N)=O)NC(=O)OCc2ccccc2)CO1. The molecule has 45 heavy (non-hydrogen) atoms. The predicted molar refractivity (Wildman–Crippen MR) is 165 cm³/mol. The summed E-state index contributed by atoms with van der Waals surface area (Å²) in [7, 11) is 0. The van der Waals surface area contributed by atoms with Gasteiger partial charge < -0.3 is 31.2 Å². The largest absolute Gasteiger partial charge is 0.445 e. The van der Waals surface area contributed by atoms with Gasteiger partial charge in [-0.25, -0.2) is 4.79 Å². The molecule has 0 bridgehead atoms. The second-order valence-electron chi connectivity index (χ2n) is 11.1. The van der Waals surface area contributed by atoms with Crippen LogP contribution in [-0.4, -0.2) is 59.9 Å². The monoisotopic (exact) mass is 614 g/mol. The first-order valence-corrected chi connectivity index (χ1v) is 14.8. The number of nitrogens with two attached hydrogens (primary N) is 1. The van der Waals surface area contributed by atoms with Crippen molar-refractivity contribution >= 4 is 29.6 Å². The lowest BCUT2D eigenvalue weighted by atomic mass is 9.94. The average molecular weight is 615 g/mol. The lowest BCUT2D eigenvalue weighted by Crippen LogP contribution is -2.57. The normalized spacial score (nSPS) is 17.2. The van der Waals surface area contributed by atoms with Gasteiger partial charge in [0.15, 0.2) is 5.78 Å². The minimum absolute atomic E-state index is 0.0324. The number of Topliss-reactive ketones (excluding diaryl/α,β-unsaturated/α-hetero) is 1. The fourth-order valence-electron chi connectivity index (χ4n) is 4.74. The average Bonchev–Trinajstić information content (AvgIpc) is 3.80. The van der Waals surface area contributed by atoms with E-state index in [1.54, 1.807) is 43.3 Å². The van der Waals surface area contributed by atoms with Gasteiger partial charge in [0.2, 0.25) is 17.7 Å². The Morgan fingerprint density at radius 2 is 1.20 bits per heavy atom. The molecule has 5 N–H and O–H groups in total. The van der Waals surface area contributed by atoms with Crippen LogP contribution in [0.3, 0.4) is 0 Å². The molecule has 11 nitrogen and oxygen atoms in total. The molecule has 1 fully saturated rings. The molecule has 1 aliphatic heterocycles. The summed E-state index contributed by atoms with van der Waals surface area (Å²) in [5, 5.41) is 8.04. The molecule has 0 spiro atoms. The molecule has 0 aromatic heterocycles. The number of hydrogen-bond acceptors (Lipinski definition) is 7. The van der Waals surface area contributed by atoms with Crippen LogP contribution in [0, 0.1) is 0 Å². The fraction of sp³-hybridized carbons (Fsp3) is 0.324. The topological polar surface area (TPSA) is 169 Å². The van der Waals surface area contributed by atoms with Crippen LogP contribution in [0.2, 0.25) is 0 Å². The van der Waals surface area contributed by atoms with E-state index in [-0.39, 0.29) is 44.7 Å². The van der Waals surface area contributed by atoms with Gasteiger partial charge >= 0.3 is 6.09 Å². The Morgan fingerprint density at radius 3 is 1.71 bits per heavy atom. The van der Waals surface area contributed by atoms with Crippen molar-refractivity contribution in [1.29, 1.82) is 0 Å². The van der Waals surface area contributed by atoms with Crippen LogP contribution in [0.5, 0.6) is 0 Å². The third-order valence-corrected chi connectivity index (χ3v) is 7.43. The van der Waals surface area contributed by atoms with Crippen molar-refractivity contribution in [2.45, 2.75) is 62.9 Å². The Labute approximate surface area is 261 Å². The molecule has 3 aromatic carbocycles. The van der Waals surface area contributed by atoms with E-state index in [1.165, 1.54) is 0 Å². The highest BCUT2D eigenvalue weighted by molar-refractivity contribution is 5.98. The summed E-state index contributed by atoms with van der Waals surface area (Å²) in [6.07, 6.45) is -0.865. The van der Waals surface area contributed by atoms with Gasteiger partial charge in [-0.3, -0.25) is 19.2 Å². The molecule has 1 saturated heterocycles. The van der Waals surface area contributed by atoms with Crippen LogP contribution in [-0.2, 0) is 48.1 Å². The molecule has 3 aromatic rings. The van der Waals surface area contributed by atoms with E-state index in [2.05, 4.69) is 16.0 Å². The van der Waals surface area contributed by atoms with E-state index in [0.29, 0.717) is 0 Å². The van der Waals surface area contributed by atoms with Gasteiger partial charge in [-0.1, -0.05) is 91.0 Å². The number of nitrogens with one attached hydrogen (secondary N) is 3. The summed E-state index contributed by atoms with van der Waals surface area (Å²) in [6, 6.07) is 24.0. The number of alkyl carbamates (subject to hydrolysis) is 1. The Balaban J connectivity index is 1.50. The summed E-state index contributed by atoms with van der Waals surface area (Å²) in [5.74, 6) is -2.24. The minimum Gasteiger partial charge on any atom is -0.445 e. The molecule has 0 radical (unpaired) electrons. The fourth-order valence-corrected chi connectivity index (χ4v) is 4.74. The molecular weight excluding hydrogens is 576 g/mol. The zero-order valence-electron chi connectivity index (χ0n) is 25.1. The number of carbonyl (C=O) groups excluding carboxylic acids is 5. The van der Waals surface area contributed by atoms with Crippen LogP contribution in [0.4, 0.5) is 4.79 Å². The Morgan fingerprint density at radius 1 is 0.733 bits per heavy atom. The van der Waals surface area contributed by atoms with Gasteiger partial charge in [-0.15, -0.1) is 0 Å². The van der Waals surface area contributed by atoms with E-state index >= 15 is 0 Å². The second kappa shape index (κ2) is 15.6. The van der Waals surface area contributed by atoms with E-state index in [9.17, 15) is 24.0 Å². The highest BCUT2D eigenvalue weighted by Gasteiger charge is 2.50. The standard InChI is InChI=1S/C34H38N4O7/c1-34(22-45-34)30(40)27(19-23-11-5-2-6-12-23)36-32(42)28(20-24-13-7-3-8-14-24)37-31(41)26(17-18-29(35)39)38-33(43)44-21-25-15-9-4-10-16-25/h2-16,26-28H,17-22H2,1H3,(H2,35,39)(H,36,42)(H,37,41)(H,38,43)/t26-,27-,28?,34+/m0/s1. The number of hydrogen-bond donors (Lipinski definition) is 4. The maximum Gasteiger partial charge on any atom is 0.408 e. The molecule has 1 unspecified atom stereocenters. The van der Waals surface area contributed by atoms with Gasteiger partial charge in [-0.05, 0) is 36.5 Å². The Hall–Kier alpha value is -5.03. The van der Waals surface area contributed by atoms with Crippen LogP contribution in [0.25, 0.3) is 0 Å². The third-order valence-electron chi connectivity index (χ3n) is 7.43. The van der Waals surface area contributed by atoms with Crippen molar-refractivity contribution < 1.29 is 33.4 Å². The lowest BCUT2D eigenvalue weighted by Gasteiger charge is -2.26. The maximum atomic E-state index is 13.8. The molecule has 0 aliphatic carbocycles. The Bertz CT molecular complexity index is 1460. The van der Waals surface area contributed by atoms with Gasteiger partial charge in [0, 0.05) is 12.8 Å². The predicted octanol–water partition coefficient (Wildman–Crippen LogP) is 2.36. The summed E-state index contributed by atoms with van der Waals surface area (Å²) in [4.78, 5) is 64.9. The maximum absolute atomic E-state index is 13.8. The number of ketones is 1. The van der Waals surface area contributed by atoms with Gasteiger partial charge in [0.05, 0.1) is 12.6 Å². The summed E-state index contributed by atoms with van der Waals surface area (Å²) >= 11 is 0. The number of benzene rings is 3. The first-order chi connectivity index (χ1) is 21.6. The molecule has 1 aliphatic rings. The van der Waals surface area contributed by atoms with Crippen LogP contribution < -0.4 is 21.7 Å². The second-order valence-corrected chi connectivity index (χ2v) is 11.1. The highest BCUT2D eigenvalue weighted by atomic mass is 16.6. The van der Waals surface area contributed by atoms with Crippen molar-refractivity contribution in [2.24, 2.45) is 5.73 Å². The number of carbonyl (C=O) groups is 5. The van der Waals surface area contributed by atoms with E-state index in [4.69, 9.17) is 15.2 Å². The summed E-state index contributed by atoms with van der Waals surface area (Å²) in [5.41, 5.74) is 6.67. The first-order valence-electron chi connectivity index (χ1n) is 14.8. The smallest absolute Gasteiger partial charge is 0.408 e. The van der Waals surface area contributed by atoms with Gasteiger partial charge in [0.1, 0.15) is 24.3 Å². The first kappa shape index (κ1) is 32.9. The van der Waals surface area contributed by atoms with Gasteiger partial charge in [-0.2, -0.15) is 0 Å². The third kappa shape index (κ3) is 10.3. The Kier molecular flexibility index (Phi) is 11.4. The molecule has 4 atom stereocenters. The number of rotatable bonds is 16. The van der Waals surface area contributed by atoms with Crippen LogP contribution in [0.15, 0.2) is 91.0 Å². The molecule has 4 rings (SSSR count). The highest BCUT2D eigenvalue weighted by Crippen LogP contribution is 2.29. The molecular formula is C34H38N4O7. The molecule has 236 valence electrons. The summed E-state index contributed by atoms with van der Waals surface area (Å²) in [6.45, 7) is 1.90. The van der Waals surface area contributed by atoms with Crippen LogP contribution >= 0.6 is 0 Å². The number of epoxide rings is 1. The lowest BCUT2D eigenvalue weighted by molar-refractivity contribution is -0.133. The van der Waals surface area contributed by atoms with E-state index < -0.39 is 47.5 Å². The number of primary amides is 1. The molecule has 1 heterocycles.